The first-order chi connectivity index (χ1) is 23.9. The van der Waals surface area contributed by atoms with E-state index in [9.17, 15) is 4.79 Å². The lowest BCUT2D eigenvalue weighted by Crippen LogP contribution is -2.65. The lowest BCUT2D eigenvalue weighted by molar-refractivity contribution is -0.365. The number of esters is 1. The van der Waals surface area contributed by atoms with E-state index >= 15 is 0 Å². The summed E-state index contributed by atoms with van der Waals surface area (Å²) >= 11 is 0. The monoisotopic (exact) mass is 676 g/mol. The number of hydrogen-bond donors (Lipinski definition) is 0. The second-order valence-corrected chi connectivity index (χ2v) is 12.2. The molecule has 0 spiro atoms. The number of rotatable bonds is 16. The van der Waals surface area contributed by atoms with Gasteiger partial charge in [0.05, 0.1) is 38.6 Å². The molecule has 2 fully saturated rings. The van der Waals surface area contributed by atoms with Crippen molar-refractivity contribution in [3.8, 4) is 0 Å². The van der Waals surface area contributed by atoms with Gasteiger partial charge in [-0.2, -0.15) is 0 Å². The number of carbonyl (C=O) groups excluding carboxylic acids is 1. The minimum Gasteiger partial charge on any atom is -0.454 e. The Bertz CT molecular complexity index is 1410. The number of carbonyl (C=O) groups is 1. The van der Waals surface area contributed by atoms with Gasteiger partial charge in [0.15, 0.2) is 18.7 Å². The van der Waals surface area contributed by atoms with E-state index in [-0.39, 0.29) is 13.2 Å². The average Bonchev–Trinajstić information content (AvgIpc) is 3.11. The van der Waals surface area contributed by atoms with Crippen LogP contribution >= 0.6 is 0 Å². The van der Waals surface area contributed by atoms with Crippen molar-refractivity contribution in [3.63, 3.8) is 0 Å². The number of methoxy groups -OCH3 is 1. The Morgan fingerprint density at radius 2 is 1.08 bits per heavy atom. The largest absolute Gasteiger partial charge is 0.454 e. The van der Waals surface area contributed by atoms with Gasteiger partial charge in [0, 0.05) is 14.0 Å². The predicted molar refractivity (Wildman–Crippen MR) is 181 cm³/mol. The van der Waals surface area contributed by atoms with E-state index in [0.717, 1.165) is 16.7 Å². The Morgan fingerprint density at radius 1 is 0.633 bits per heavy atom. The van der Waals surface area contributed by atoms with Crippen LogP contribution in [0.1, 0.15) is 37.5 Å². The summed E-state index contributed by atoms with van der Waals surface area (Å²) in [5.41, 5.74) is 2.94. The first kappa shape index (κ1) is 36.8. The van der Waals surface area contributed by atoms with Crippen LogP contribution in [0.25, 0.3) is 0 Å². The van der Waals surface area contributed by atoms with Crippen LogP contribution in [0.5, 0.6) is 0 Å². The van der Waals surface area contributed by atoms with Crippen LogP contribution in [0, 0.1) is 0 Å². The maximum absolute atomic E-state index is 12.6. The van der Waals surface area contributed by atoms with Crippen molar-refractivity contribution in [2.45, 2.75) is 102 Å². The summed E-state index contributed by atoms with van der Waals surface area (Å²) in [6.45, 7) is 10.0. The molecule has 49 heavy (non-hydrogen) atoms. The molecule has 3 aromatic carbocycles. The Kier molecular flexibility index (Phi) is 13.9. The second-order valence-electron chi connectivity index (χ2n) is 12.2. The molecule has 264 valence electrons. The average molecular weight is 677 g/mol. The summed E-state index contributed by atoms with van der Waals surface area (Å²) in [7, 11) is 1.56. The molecule has 2 aliphatic rings. The highest BCUT2D eigenvalue weighted by Gasteiger charge is 2.53. The molecule has 10 nitrogen and oxygen atoms in total. The first-order valence-electron chi connectivity index (χ1n) is 16.7. The maximum Gasteiger partial charge on any atom is 0.303 e. The zero-order valence-electron chi connectivity index (χ0n) is 28.6. The predicted octanol–water partition coefficient (Wildman–Crippen LogP) is 5.77. The van der Waals surface area contributed by atoms with Crippen LogP contribution in [0.2, 0.25) is 0 Å². The van der Waals surface area contributed by atoms with Gasteiger partial charge in [0.2, 0.25) is 0 Å². The van der Waals surface area contributed by atoms with Crippen molar-refractivity contribution in [3.05, 3.63) is 120 Å². The van der Waals surface area contributed by atoms with E-state index < -0.39 is 67.4 Å². The topological polar surface area (TPSA) is 100 Å². The smallest absolute Gasteiger partial charge is 0.303 e. The van der Waals surface area contributed by atoms with Gasteiger partial charge in [-0.1, -0.05) is 97.1 Å². The lowest BCUT2D eigenvalue weighted by Gasteiger charge is -2.49. The van der Waals surface area contributed by atoms with Crippen LogP contribution in [0.3, 0.4) is 0 Å². The Morgan fingerprint density at radius 3 is 1.53 bits per heavy atom. The Balaban J connectivity index is 1.45. The minimum absolute atomic E-state index is 0.193. The summed E-state index contributed by atoms with van der Waals surface area (Å²) < 4.78 is 57.1. The molecule has 0 N–H and O–H groups in total. The molecule has 0 aromatic heterocycles. The SMILES string of the molecule is C=CCO[C@@H]1[C@H](OC(C)=O)[C@@H](O[C@@H]2[C@H](OCc3ccccc3)[C@@H](OC)O[C@H](C)[C@H]2OCc2ccccc2)O[C@H](C)[C@H]1OCc1ccccc1. The molecule has 0 unspecified atom stereocenters. The summed E-state index contributed by atoms with van der Waals surface area (Å²) in [6, 6.07) is 29.5. The Labute approximate surface area is 289 Å². The van der Waals surface area contributed by atoms with E-state index in [1.54, 1.807) is 13.2 Å². The zero-order valence-corrected chi connectivity index (χ0v) is 28.6. The molecule has 0 aliphatic carbocycles. The summed E-state index contributed by atoms with van der Waals surface area (Å²) in [4.78, 5) is 12.6. The van der Waals surface area contributed by atoms with Gasteiger partial charge in [-0.05, 0) is 30.5 Å². The second kappa shape index (κ2) is 18.5. The quantitative estimate of drug-likeness (QED) is 0.137. The van der Waals surface area contributed by atoms with Crippen LogP contribution in [-0.4, -0.2) is 81.1 Å². The maximum atomic E-state index is 12.6. The van der Waals surface area contributed by atoms with E-state index in [1.165, 1.54) is 6.92 Å². The van der Waals surface area contributed by atoms with Crippen molar-refractivity contribution in [2.75, 3.05) is 13.7 Å². The molecule has 0 amide bonds. The van der Waals surface area contributed by atoms with Crippen LogP contribution < -0.4 is 0 Å². The molecule has 2 heterocycles. The van der Waals surface area contributed by atoms with E-state index in [2.05, 4.69) is 6.58 Å². The number of hydrogen-bond acceptors (Lipinski definition) is 10. The third-order valence-electron chi connectivity index (χ3n) is 8.54. The molecule has 10 heteroatoms. The van der Waals surface area contributed by atoms with E-state index in [1.807, 2.05) is 105 Å². The van der Waals surface area contributed by atoms with E-state index in [4.69, 9.17) is 42.6 Å². The zero-order chi connectivity index (χ0) is 34.6. The molecule has 10 atom stereocenters. The van der Waals surface area contributed by atoms with Crippen molar-refractivity contribution in [1.82, 2.24) is 0 Å². The van der Waals surface area contributed by atoms with E-state index in [0.29, 0.717) is 13.2 Å². The molecule has 3 aromatic rings. The third-order valence-corrected chi connectivity index (χ3v) is 8.54. The Hall–Kier alpha value is -3.45. The molecular formula is C39H48O10. The van der Waals surface area contributed by atoms with Gasteiger partial charge in [-0.25, -0.2) is 0 Å². The van der Waals surface area contributed by atoms with Gasteiger partial charge in [-0.15, -0.1) is 6.58 Å². The van der Waals surface area contributed by atoms with Crippen molar-refractivity contribution in [1.29, 1.82) is 0 Å². The van der Waals surface area contributed by atoms with Crippen molar-refractivity contribution < 1.29 is 47.4 Å². The van der Waals surface area contributed by atoms with Crippen LogP contribution in [-0.2, 0) is 67.2 Å². The fourth-order valence-corrected chi connectivity index (χ4v) is 6.18. The van der Waals surface area contributed by atoms with Gasteiger partial charge < -0.3 is 42.6 Å². The first-order valence-corrected chi connectivity index (χ1v) is 16.7. The van der Waals surface area contributed by atoms with Gasteiger partial charge in [0.25, 0.3) is 0 Å². The highest BCUT2D eigenvalue weighted by Crippen LogP contribution is 2.35. The van der Waals surface area contributed by atoms with Crippen molar-refractivity contribution in [2.24, 2.45) is 0 Å². The normalized spacial score (nSPS) is 30.0. The number of benzene rings is 3. The van der Waals surface area contributed by atoms with Gasteiger partial charge >= 0.3 is 5.97 Å². The summed E-state index contributed by atoms with van der Waals surface area (Å²) in [6.07, 6.45) is -5.70. The molecule has 2 aliphatic heterocycles. The number of ether oxygens (including phenoxy) is 9. The van der Waals surface area contributed by atoms with Gasteiger partial charge in [-0.3, -0.25) is 4.79 Å². The minimum atomic E-state index is -1.08. The molecule has 2 saturated heterocycles. The third kappa shape index (κ3) is 10.1. The summed E-state index contributed by atoms with van der Waals surface area (Å²) in [5, 5.41) is 0. The van der Waals surface area contributed by atoms with Crippen LogP contribution in [0.15, 0.2) is 104 Å². The fourth-order valence-electron chi connectivity index (χ4n) is 6.18. The van der Waals surface area contributed by atoms with Crippen LogP contribution in [0.4, 0.5) is 0 Å². The van der Waals surface area contributed by atoms with Crippen molar-refractivity contribution >= 4 is 5.97 Å². The summed E-state index contributed by atoms with van der Waals surface area (Å²) in [5.74, 6) is -0.519. The standard InChI is InChI=1S/C39H48O10/c1-6-22-42-34-32(43-23-29-16-10-7-11-17-29)26(2)47-39(37(34)48-28(4)40)49-35-33(44-24-30-18-12-8-13-19-30)27(3)46-38(41-5)36(35)45-25-31-20-14-9-15-21-31/h6-21,26-27,32-39H,1,22-25H2,2-5H3/t26-,27-,32-,33-,34+,35+,36+,37+,38+,39-/m1/s1. The molecular weight excluding hydrogens is 628 g/mol. The highest BCUT2D eigenvalue weighted by atomic mass is 16.8. The molecule has 0 saturated carbocycles. The highest BCUT2D eigenvalue weighted by molar-refractivity contribution is 5.66. The van der Waals surface area contributed by atoms with Gasteiger partial charge in [0.1, 0.15) is 30.5 Å². The molecule has 0 bridgehead atoms. The fraction of sp³-hybridized carbons (Fsp3) is 0.462. The lowest BCUT2D eigenvalue weighted by atomic mass is 9.96. The molecule has 0 radical (unpaired) electrons. The molecule has 5 rings (SSSR count).